The maximum Gasteiger partial charge on any atom is 0.123 e. The molecule has 0 unspecified atom stereocenters. The predicted molar refractivity (Wildman–Crippen MR) is 110 cm³/mol. The van der Waals surface area contributed by atoms with Crippen molar-refractivity contribution in [2.45, 2.75) is 89.0 Å². The number of rotatable bonds is 0. The minimum atomic E-state index is 0. The van der Waals surface area contributed by atoms with E-state index < -0.39 is 0 Å². The topological polar surface area (TPSA) is 38.9 Å². The molecular weight excluding hydrogens is 316 g/mol. The van der Waals surface area contributed by atoms with Gasteiger partial charge in [0.15, 0.2) is 0 Å². The van der Waals surface area contributed by atoms with Gasteiger partial charge < -0.3 is 4.52 Å². The van der Waals surface area contributed by atoms with Crippen LogP contribution in [0.15, 0.2) is 23.0 Å². The molecule has 3 nitrogen and oxygen atoms in total. The summed E-state index contributed by atoms with van der Waals surface area (Å²) < 4.78 is 4.33. The lowest BCUT2D eigenvalue weighted by Gasteiger charge is -2.16. The highest BCUT2D eigenvalue weighted by Crippen LogP contribution is 2.30. The summed E-state index contributed by atoms with van der Waals surface area (Å²) in [4.78, 5) is 5.81. The van der Waals surface area contributed by atoms with Gasteiger partial charge in [-0.05, 0) is 30.7 Å². The normalized spacial score (nSPS) is 9.96. The Balaban J connectivity index is -0.000000287. The van der Waals surface area contributed by atoms with Gasteiger partial charge in [-0.25, -0.2) is 4.98 Å². The third-order valence-electron chi connectivity index (χ3n) is 1.93. The highest BCUT2D eigenvalue weighted by Gasteiger charge is 2.19. The zero-order valence-electron chi connectivity index (χ0n) is 16.9. The van der Waals surface area contributed by atoms with Crippen molar-refractivity contribution in [1.29, 1.82) is 0 Å². The second-order valence-electron chi connectivity index (χ2n) is 7.59. The van der Waals surface area contributed by atoms with Crippen molar-refractivity contribution in [3.05, 3.63) is 34.1 Å². The van der Waals surface area contributed by atoms with Crippen LogP contribution in [0.3, 0.4) is 0 Å². The molecule has 142 valence electrons. The van der Waals surface area contributed by atoms with Crippen LogP contribution in [-0.4, -0.2) is 10.1 Å². The molecule has 4 heteroatoms. The second-order valence-corrected chi connectivity index (χ2v) is 8.79. The Morgan fingerprint density at radius 2 is 1.42 bits per heavy atom. The number of hydrogen-bond donors (Lipinski definition) is 0. The highest BCUT2D eigenvalue weighted by atomic mass is 32.1. The van der Waals surface area contributed by atoms with Gasteiger partial charge in [-0.15, -0.1) is 11.3 Å². The average Bonchev–Trinajstić information content (AvgIpc) is 3.01. The summed E-state index contributed by atoms with van der Waals surface area (Å²) in [5, 5.41) is 4.52. The van der Waals surface area contributed by atoms with E-state index in [1.807, 2.05) is 25.2 Å². The van der Waals surface area contributed by atoms with Gasteiger partial charge in [-0.1, -0.05) is 74.9 Å². The van der Waals surface area contributed by atoms with Gasteiger partial charge in [-0.2, -0.15) is 0 Å². The first-order valence-electron chi connectivity index (χ1n) is 8.20. The Morgan fingerprint density at radius 1 is 0.958 bits per heavy atom. The average molecular weight is 357 g/mol. The molecule has 2 aromatic rings. The van der Waals surface area contributed by atoms with E-state index in [0.29, 0.717) is 5.41 Å². The molecule has 0 amide bonds. The molecule has 2 aromatic heterocycles. The molecular formula is C20H40N2OS. The summed E-state index contributed by atoms with van der Waals surface area (Å²) in [7, 11) is 0. The molecule has 0 aliphatic heterocycles. The monoisotopic (exact) mass is 356 g/mol. The van der Waals surface area contributed by atoms with E-state index in [1.165, 1.54) is 21.8 Å². The second kappa shape index (κ2) is 13.2. The quantitative estimate of drug-likeness (QED) is 0.492. The van der Waals surface area contributed by atoms with Crippen LogP contribution in [0.25, 0.3) is 0 Å². The van der Waals surface area contributed by atoms with Gasteiger partial charge in [0.1, 0.15) is 6.26 Å². The van der Waals surface area contributed by atoms with Crippen LogP contribution in [0.5, 0.6) is 0 Å². The smallest absolute Gasteiger partial charge is 0.123 e. The largest absolute Gasteiger partial charge is 0.365 e. The molecule has 0 spiro atoms. The number of aromatic nitrogens is 2. The molecule has 24 heavy (non-hydrogen) atoms. The molecule has 0 bridgehead atoms. The molecule has 2 rings (SSSR count). The lowest BCUT2D eigenvalue weighted by Crippen LogP contribution is -2.10. The molecule has 0 atom stereocenters. The van der Waals surface area contributed by atoms with Crippen molar-refractivity contribution in [3.63, 3.8) is 0 Å². The molecule has 0 aliphatic carbocycles. The number of aryl methyl sites for hydroxylation is 2. The zero-order chi connectivity index (χ0) is 18.7. The summed E-state index contributed by atoms with van der Waals surface area (Å²) in [6.45, 7) is 23.6. The third-order valence-corrected chi connectivity index (χ3v) is 3.43. The summed E-state index contributed by atoms with van der Waals surface area (Å²) >= 11 is 1.81. The van der Waals surface area contributed by atoms with Crippen LogP contribution in [0.1, 0.15) is 85.3 Å². The van der Waals surface area contributed by atoms with Crippen molar-refractivity contribution in [2.75, 3.05) is 0 Å². The Hall–Kier alpha value is -1.16. The van der Waals surface area contributed by atoms with Crippen molar-refractivity contribution in [2.24, 2.45) is 5.41 Å². The number of hydrogen-bond acceptors (Lipinski definition) is 4. The van der Waals surface area contributed by atoms with Gasteiger partial charge in [0.25, 0.3) is 0 Å². The molecule has 0 N–H and O–H groups in total. The van der Waals surface area contributed by atoms with E-state index in [1.54, 1.807) is 12.3 Å². The van der Waals surface area contributed by atoms with Gasteiger partial charge in [-0.3, -0.25) is 0 Å². The van der Waals surface area contributed by atoms with Gasteiger partial charge >= 0.3 is 0 Å². The minimum absolute atomic E-state index is 0. The van der Waals surface area contributed by atoms with E-state index >= 15 is 0 Å². The van der Waals surface area contributed by atoms with Crippen molar-refractivity contribution >= 4 is 11.3 Å². The fraction of sp³-hybridized carbons (Fsp3) is 0.700. The first-order chi connectivity index (χ1) is 10.4. The van der Waals surface area contributed by atoms with E-state index in [-0.39, 0.29) is 12.8 Å². The fourth-order valence-corrected chi connectivity index (χ4v) is 2.38. The molecule has 0 aliphatic rings. The molecule has 0 saturated carbocycles. The number of thiazole rings is 1. The van der Waals surface area contributed by atoms with Crippen molar-refractivity contribution in [3.8, 4) is 0 Å². The molecule has 0 saturated heterocycles. The van der Waals surface area contributed by atoms with Crippen LogP contribution in [0, 0.1) is 19.3 Å². The standard InChI is InChI=1S/C9H15NS.C5H12.C3H3NO.C2H6.CH4/c1-6-8(9(3,4)5)11-7(2)10-6;1-5(2,3)4;1-2-4-5-3-1;1-2;/h1-5H3;1-4H3;1-3H;1-2H3;1H4. The SMILES string of the molecule is C.CC.CC(C)(C)C.Cc1nc(C)c(C(C)(C)C)s1.c1cnoc1. The van der Waals surface area contributed by atoms with Crippen molar-refractivity contribution in [1.82, 2.24) is 10.1 Å². The zero-order valence-corrected chi connectivity index (χ0v) is 17.8. The van der Waals surface area contributed by atoms with E-state index in [2.05, 4.69) is 77.0 Å². The summed E-state index contributed by atoms with van der Waals surface area (Å²) in [5.74, 6) is 0. The van der Waals surface area contributed by atoms with Gasteiger partial charge in [0.2, 0.25) is 0 Å². The Kier molecular flexibility index (Phi) is 15.2. The maximum atomic E-state index is 4.40. The van der Waals surface area contributed by atoms with Gasteiger partial charge in [0.05, 0.1) is 16.9 Å². The van der Waals surface area contributed by atoms with Gasteiger partial charge in [0, 0.05) is 4.88 Å². The molecule has 0 radical (unpaired) electrons. The van der Waals surface area contributed by atoms with Crippen LogP contribution >= 0.6 is 11.3 Å². The first-order valence-corrected chi connectivity index (χ1v) is 9.02. The van der Waals surface area contributed by atoms with E-state index in [0.717, 1.165) is 0 Å². The Morgan fingerprint density at radius 3 is 1.54 bits per heavy atom. The Bertz CT molecular complexity index is 465. The summed E-state index contributed by atoms with van der Waals surface area (Å²) in [6.07, 6.45) is 3.10. The maximum absolute atomic E-state index is 4.40. The highest BCUT2D eigenvalue weighted by molar-refractivity contribution is 7.11. The van der Waals surface area contributed by atoms with E-state index in [4.69, 9.17) is 0 Å². The van der Waals surface area contributed by atoms with Crippen molar-refractivity contribution < 1.29 is 4.52 Å². The van der Waals surface area contributed by atoms with Crippen LogP contribution in [0.2, 0.25) is 0 Å². The molecule has 0 aromatic carbocycles. The predicted octanol–water partition coefficient (Wildman–Crippen LogP) is 7.45. The minimum Gasteiger partial charge on any atom is -0.365 e. The summed E-state index contributed by atoms with van der Waals surface area (Å²) in [6, 6.07) is 1.72. The third kappa shape index (κ3) is 17.2. The lowest BCUT2D eigenvalue weighted by molar-refractivity contribution is 0.420. The van der Waals surface area contributed by atoms with Crippen LogP contribution < -0.4 is 0 Å². The van der Waals surface area contributed by atoms with E-state index in [9.17, 15) is 0 Å². The van der Waals surface area contributed by atoms with Crippen LogP contribution in [0.4, 0.5) is 0 Å². The fourth-order valence-electron chi connectivity index (χ4n) is 1.40. The molecule has 0 fully saturated rings. The molecule has 2 heterocycles. The Labute approximate surface area is 154 Å². The van der Waals surface area contributed by atoms with Crippen LogP contribution in [-0.2, 0) is 5.41 Å². The summed E-state index contributed by atoms with van der Waals surface area (Å²) in [5.41, 5.74) is 1.95. The number of nitrogens with zero attached hydrogens (tertiary/aromatic N) is 2. The first kappa shape index (κ1) is 27.7. The lowest BCUT2D eigenvalue weighted by atomic mass is 9.94.